The molecule has 8 heteroatoms. The highest BCUT2D eigenvalue weighted by Gasteiger charge is 2.32. The minimum absolute atomic E-state index is 0.0625. The zero-order valence-corrected chi connectivity index (χ0v) is 18.4. The van der Waals surface area contributed by atoms with Crippen molar-refractivity contribution in [1.82, 2.24) is 10.2 Å². The number of carboxylic acids is 1. The Morgan fingerprint density at radius 3 is 2.10 bits per heavy atom. The lowest BCUT2D eigenvalue weighted by atomic mass is 10.0. The number of rotatable bonds is 16. The van der Waals surface area contributed by atoms with Crippen LogP contribution in [0.3, 0.4) is 0 Å². The molecule has 0 unspecified atom stereocenters. The van der Waals surface area contributed by atoms with E-state index in [-0.39, 0.29) is 24.7 Å². The van der Waals surface area contributed by atoms with Gasteiger partial charge in [0.2, 0.25) is 17.7 Å². The third-order valence-electron chi connectivity index (χ3n) is 4.86. The second kappa shape index (κ2) is 14.8. The fourth-order valence-electron chi connectivity index (χ4n) is 3.19. The first-order valence-corrected chi connectivity index (χ1v) is 10.7. The Kier molecular flexibility index (Phi) is 13.7. The van der Waals surface area contributed by atoms with Crippen LogP contribution in [-0.2, 0) is 19.2 Å². The molecule has 0 aromatic heterocycles. The average Bonchev–Trinajstić information content (AvgIpc) is 2.62. The number of hydrogen-bond donors (Lipinski definition) is 3. The maximum atomic E-state index is 12.9. The van der Waals surface area contributed by atoms with Crippen molar-refractivity contribution in [3.63, 3.8) is 0 Å². The summed E-state index contributed by atoms with van der Waals surface area (Å²) in [5.41, 5.74) is 5.10. The van der Waals surface area contributed by atoms with E-state index in [0.717, 1.165) is 24.2 Å². The molecule has 0 fully saturated rings. The van der Waals surface area contributed by atoms with Gasteiger partial charge in [-0.2, -0.15) is 0 Å². The number of amides is 3. The topological polar surface area (TPSA) is 130 Å². The molecule has 168 valence electrons. The number of likely N-dealkylation sites (N-methyl/N-ethyl adjacent to an activating group) is 1. The van der Waals surface area contributed by atoms with Gasteiger partial charge in [-0.1, -0.05) is 52.9 Å². The third-order valence-corrected chi connectivity index (χ3v) is 4.86. The number of hydrogen-bond acceptors (Lipinski definition) is 4. The van der Waals surface area contributed by atoms with Crippen molar-refractivity contribution in [1.29, 1.82) is 0 Å². The van der Waals surface area contributed by atoms with Crippen LogP contribution in [0.15, 0.2) is 0 Å². The van der Waals surface area contributed by atoms with Gasteiger partial charge in [0.1, 0.15) is 12.1 Å². The lowest BCUT2D eigenvalue weighted by Crippen LogP contribution is -2.52. The number of aliphatic carboxylic acids is 1. The van der Waals surface area contributed by atoms with Crippen LogP contribution >= 0.6 is 0 Å². The highest BCUT2D eigenvalue weighted by molar-refractivity contribution is 5.90. The lowest BCUT2D eigenvalue weighted by molar-refractivity contribution is -0.150. The molecule has 0 aliphatic heterocycles. The summed E-state index contributed by atoms with van der Waals surface area (Å²) < 4.78 is 0. The summed E-state index contributed by atoms with van der Waals surface area (Å²) in [4.78, 5) is 48.8. The molecule has 4 N–H and O–H groups in total. The van der Waals surface area contributed by atoms with Crippen molar-refractivity contribution in [2.24, 2.45) is 11.7 Å². The minimum Gasteiger partial charge on any atom is -0.480 e. The van der Waals surface area contributed by atoms with Gasteiger partial charge in [-0.25, -0.2) is 4.79 Å². The largest absolute Gasteiger partial charge is 0.480 e. The molecule has 0 spiro atoms. The van der Waals surface area contributed by atoms with E-state index in [1.54, 1.807) is 0 Å². The quantitative estimate of drug-likeness (QED) is 0.335. The third kappa shape index (κ3) is 12.1. The molecule has 0 heterocycles. The minimum atomic E-state index is -1.20. The molecule has 0 saturated carbocycles. The monoisotopic (exact) mass is 413 g/mol. The average molecular weight is 414 g/mol. The molecule has 8 nitrogen and oxygen atoms in total. The van der Waals surface area contributed by atoms with E-state index in [2.05, 4.69) is 12.2 Å². The van der Waals surface area contributed by atoms with Crippen LogP contribution in [0.5, 0.6) is 0 Å². The molecule has 0 aliphatic rings. The molecular formula is C21H39N3O5. The van der Waals surface area contributed by atoms with Crippen molar-refractivity contribution in [2.75, 3.05) is 7.05 Å². The summed E-state index contributed by atoms with van der Waals surface area (Å²) in [6, 6.07) is -1.96. The maximum absolute atomic E-state index is 12.9. The number of carbonyl (C=O) groups is 4. The second-order valence-corrected chi connectivity index (χ2v) is 8.08. The number of nitrogens with two attached hydrogens (primary N) is 1. The Balaban J connectivity index is 4.87. The molecule has 0 radical (unpaired) electrons. The summed E-state index contributed by atoms with van der Waals surface area (Å²) in [6.07, 6.45) is 6.94. The van der Waals surface area contributed by atoms with Gasteiger partial charge in [-0.05, 0) is 25.2 Å². The van der Waals surface area contributed by atoms with Crippen LogP contribution in [0, 0.1) is 5.92 Å². The van der Waals surface area contributed by atoms with Gasteiger partial charge in [0.25, 0.3) is 0 Å². The van der Waals surface area contributed by atoms with Crippen LogP contribution in [0.25, 0.3) is 0 Å². The Morgan fingerprint density at radius 2 is 1.59 bits per heavy atom. The summed E-state index contributed by atoms with van der Waals surface area (Å²) in [5.74, 6) is -2.35. The van der Waals surface area contributed by atoms with Gasteiger partial charge in [-0.15, -0.1) is 0 Å². The summed E-state index contributed by atoms with van der Waals surface area (Å²) in [5, 5.41) is 12.2. The highest BCUT2D eigenvalue weighted by Crippen LogP contribution is 2.13. The number of carboxylic acid groups (broad SMARTS) is 1. The van der Waals surface area contributed by atoms with Gasteiger partial charge in [-0.3, -0.25) is 14.4 Å². The second-order valence-electron chi connectivity index (χ2n) is 8.08. The summed E-state index contributed by atoms with van der Waals surface area (Å²) >= 11 is 0. The first-order valence-electron chi connectivity index (χ1n) is 10.7. The van der Waals surface area contributed by atoms with Crippen LogP contribution in [-0.4, -0.2) is 52.8 Å². The Labute approximate surface area is 174 Å². The molecule has 29 heavy (non-hydrogen) atoms. The first kappa shape index (κ1) is 26.9. The molecule has 0 rings (SSSR count). The van der Waals surface area contributed by atoms with Crippen molar-refractivity contribution in [3.05, 3.63) is 0 Å². The fourth-order valence-corrected chi connectivity index (χ4v) is 3.19. The van der Waals surface area contributed by atoms with E-state index >= 15 is 0 Å². The maximum Gasteiger partial charge on any atom is 0.326 e. The van der Waals surface area contributed by atoms with Crippen molar-refractivity contribution >= 4 is 23.7 Å². The number of primary amides is 1. The standard InChI is InChI=1S/C21H39N3O5/c1-5-6-7-8-9-10-11-19(26)23-16(14-15(2)3)20(27)24(4)17(21(28)29)12-13-18(22)25/h15-17H,5-14H2,1-4H3,(H2,22,25)(H,23,26)(H,28,29)/t16-,17-/m0/s1. The van der Waals surface area contributed by atoms with Gasteiger partial charge < -0.3 is 21.1 Å². The van der Waals surface area contributed by atoms with Crippen molar-refractivity contribution < 1.29 is 24.3 Å². The number of carbonyl (C=O) groups excluding carboxylic acids is 3. The van der Waals surface area contributed by atoms with E-state index in [0.29, 0.717) is 12.8 Å². The summed E-state index contributed by atoms with van der Waals surface area (Å²) in [6.45, 7) is 6.02. The Hall–Kier alpha value is -2.12. The SMILES string of the molecule is CCCCCCCCC(=O)N[C@@H](CC(C)C)C(=O)N(C)[C@@H](CCC(N)=O)C(=O)O. The zero-order chi connectivity index (χ0) is 22.4. The molecule has 0 bridgehead atoms. The van der Waals surface area contributed by atoms with E-state index in [1.165, 1.54) is 26.3 Å². The van der Waals surface area contributed by atoms with Gasteiger partial charge in [0, 0.05) is 19.9 Å². The number of unbranched alkanes of at least 4 members (excludes halogenated alkanes) is 5. The van der Waals surface area contributed by atoms with Crippen molar-refractivity contribution in [2.45, 2.75) is 97.1 Å². The van der Waals surface area contributed by atoms with Crippen LogP contribution in [0.1, 0.15) is 85.0 Å². The molecule has 0 aliphatic carbocycles. The van der Waals surface area contributed by atoms with E-state index in [1.807, 2.05) is 13.8 Å². The van der Waals surface area contributed by atoms with Crippen LogP contribution < -0.4 is 11.1 Å². The van der Waals surface area contributed by atoms with Gasteiger partial charge >= 0.3 is 5.97 Å². The predicted molar refractivity (Wildman–Crippen MR) is 112 cm³/mol. The summed E-state index contributed by atoms with van der Waals surface area (Å²) in [7, 11) is 1.38. The molecule has 0 saturated heterocycles. The Morgan fingerprint density at radius 1 is 1.00 bits per heavy atom. The number of nitrogens with one attached hydrogen (secondary N) is 1. The van der Waals surface area contributed by atoms with E-state index in [9.17, 15) is 24.3 Å². The zero-order valence-electron chi connectivity index (χ0n) is 18.4. The van der Waals surface area contributed by atoms with E-state index in [4.69, 9.17) is 5.73 Å². The van der Waals surface area contributed by atoms with Gasteiger partial charge in [0.05, 0.1) is 0 Å². The van der Waals surface area contributed by atoms with Crippen LogP contribution in [0.2, 0.25) is 0 Å². The van der Waals surface area contributed by atoms with Gasteiger partial charge in [0.15, 0.2) is 0 Å². The first-order chi connectivity index (χ1) is 13.6. The Bertz CT molecular complexity index is 536. The smallest absolute Gasteiger partial charge is 0.326 e. The molecule has 0 aromatic carbocycles. The normalized spacial score (nSPS) is 13.0. The molecule has 2 atom stereocenters. The van der Waals surface area contributed by atoms with Crippen molar-refractivity contribution in [3.8, 4) is 0 Å². The number of nitrogens with zero attached hydrogens (tertiary/aromatic N) is 1. The fraction of sp³-hybridized carbons (Fsp3) is 0.810. The lowest BCUT2D eigenvalue weighted by Gasteiger charge is -2.30. The molecule has 3 amide bonds. The predicted octanol–water partition coefficient (Wildman–Crippen LogP) is 2.45. The van der Waals surface area contributed by atoms with Crippen LogP contribution in [0.4, 0.5) is 0 Å². The van der Waals surface area contributed by atoms with E-state index < -0.39 is 29.9 Å². The molecule has 0 aromatic rings. The highest BCUT2D eigenvalue weighted by atomic mass is 16.4. The molecular weight excluding hydrogens is 374 g/mol.